The lowest BCUT2D eigenvalue weighted by atomic mass is 10.3. The Morgan fingerprint density at radius 1 is 1.40 bits per heavy atom. The van der Waals surface area contributed by atoms with E-state index in [-0.39, 0.29) is 5.56 Å². The van der Waals surface area contributed by atoms with Crippen LogP contribution in [-0.2, 0) is 0 Å². The van der Waals surface area contributed by atoms with Gasteiger partial charge >= 0.3 is 0 Å². The second-order valence-corrected chi connectivity index (χ2v) is 6.97. The van der Waals surface area contributed by atoms with Gasteiger partial charge in [0.1, 0.15) is 11.3 Å². The Kier molecular flexibility index (Phi) is 3.94. The number of amides is 1. The van der Waals surface area contributed by atoms with Crippen LogP contribution in [0.1, 0.15) is 17.3 Å². The Balaban J connectivity index is 1.64. The summed E-state index contributed by atoms with van der Waals surface area (Å²) in [7, 11) is 0. The topological polar surface area (TPSA) is 85.6 Å². The first-order chi connectivity index (χ1) is 12.2. The summed E-state index contributed by atoms with van der Waals surface area (Å²) >= 11 is 2.65. The van der Waals surface area contributed by atoms with Gasteiger partial charge in [0.25, 0.3) is 11.5 Å². The number of anilines is 1. The number of benzene rings is 1. The Bertz CT molecular complexity index is 1150. The third kappa shape index (κ3) is 2.87. The average molecular weight is 372 g/mol. The molecule has 0 unspecified atom stereocenters. The van der Waals surface area contributed by atoms with E-state index in [0.29, 0.717) is 16.7 Å². The first-order valence-corrected chi connectivity index (χ1v) is 9.15. The molecular formula is C16H12N4O3S2. The van der Waals surface area contributed by atoms with Crippen LogP contribution in [0, 0.1) is 0 Å². The second-order valence-electron chi connectivity index (χ2n) is 5.07. The number of aromatic nitrogens is 3. The van der Waals surface area contributed by atoms with Crippen LogP contribution < -0.4 is 15.6 Å². The summed E-state index contributed by atoms with van der Waals surface area (Å²) in [6, 6.07) is 5.54. The first kappa shape index (κ1) is 15.7. The molecule has 0 radical (unpaired) electrons. The summed E-state index contributed by atoms with van der Waals surface area (Å²) in [6.45, 7) is 2.50. The molecule has 0 saturated heterocycles. The van der Waals surface area contributed by atoms with Crippen LogP contribution in [0.5, 0.6) is 5.75 Å². The molecule has 0 fully saturated rings. The van der Waals surface area contributed by atoms with Gasteiger partial charge in [-0.15, -0.1) is 11.3 Å². The minimum absolute atomic E-state index is 0.0230. The number of carbonyl (C=O) groups excluding carboxylic acids is 1. The largest absolute Gasteiger partial charge is 0.494 e. The maximum absolute atomic E-state index is 12.4. The smallest absolute Gasteiger partial charge is 0.271 e. The molecule has 25 heavy (non-hydrogen) atoms. The Morgan fingerprint density at radius 2 is 2.28 bits per heavy atom. The highest BCUT2D eigenvalue weighted by atomic mass is 32.1. The molecule has 126 valence electrons. The van der Waals surface area contributed by atoms with Crippen LogP contribution in [-0.4, -0.2) is 26.9 Å². The molecule has 3 aromatic heterocycles. The minimum Gasteiger partial charge on any atom is -0.494 e. The van der Waals surface area contributed by atoms with Gasteiger partial charge in [-0.25, -0.2) is 9.97 Å². The molecule has 7 nitrogen and oxygen atoms in total. The molecule has 0 spiro atoms. The molecule has 0 aliphatic carbocycles. The van der Waals surface area contributed by atoms with E-state index in [1.807, 2.05) is 25.1 Å². The molecule has 0 atom stereocenters. The Morgan fingerprint density at radius 3 is 3.12 bits per heavy atom. The Labute approximate surface area is 149 Å². The van der Waals surface area contributed by atoms with Gasteiger partial charge in [-0.1, -0.05) is 11.3 Å². The van der Waals surface area contributed by atoms with Gasteiger partial charge in [0, 0.05) is 17.8 Å². The van der Waals surface area contributed by atoms with Gasteiger partial charge in [-0.3, -0.25) is 19.3 Å². The quantitative estimate of drug-likeness (QED) is 0.595. The molecule has 1 aromatic carbocycles. The molecule has 4 rings (SSSR count). The van der Waals surface area contributed by atoms with Crippen LogP contribution in [0.2, 0.25) is 0 Å². The standard InChI is InChI=1S/C16H12N4O3S2/c1-2-23-9-3-4-11-12(7-9)25-15(18-11)19-13(21)10-8-17-16-20(14(10)22)5-6-24-16/h3-8H,2H2,1H3,(H,18,19,21). The van der Waals surface area contributed by atoms with Gasteiger partial charge in [-0.2, -0.15) is 0 Å². The van der Waals surface area contributed by atoms with E-state index in [9.17, 15) is 9.59 Å². The fraction of sp³-hybridized carbons (Fsp3) is 0.125. The molecule has 0 aliphatic rings. The molecular weight excluding hydrogens is 360 g/mol. The minimum atomic E-state index is -0.526. The lowest BCUT2D eigenvalue weighted by molar-refractivity contribution is 0.102. The number of thiazole rings is 2. The predicted molar refractivity (Wildman–Crippen MR) is 98.1 cm³/mol. The van der Waals surface area contributed by atoms with Crippen molar-refractivity contribution in [2.45, 2.75) is 6.92 Å². The molecule has 1 N–H and O–H groups in total. The maximum Gasteiger partial charge on any atom is 0.271 e. The fourth-order valence-corrected chi connectivity index (χ4v) is 3.92. The van der Waals surface area contributed by atoms with E-state index >= 15 is 0 Å². The van der Waals surface area contributed by atoms with Crippen molar-refractivity contribution in [3.63, 3.8) is 0 Å². The molecule has 1 amide bonds. The van der Waals surface area contributed by atoms with Crippen LogP contribution in [0.4, 0.5) is 5.13 Å². The van der Waals surface area contributed by atoms with Gasteiger partial charge in [-0.05, 0) is 25.1 Å². The number of hydrogen-bond acceptors (Lipinski definition) is 7. The zero-order valence-corrected chi connectivity index (χ0v) is 14.7. The number of ether oxygens (including phenoxy) is 1. The molecule has 3 heterocycles. The lowest BCUT2D eigenvalue weighted by Crippen LogP contribution is -2.25. The average Bonchev–Trinajstić information content (AvgIpc) is 3.21. The van der Waals surface area contributed by atoms with Crippen molar-refractivity contribution in [3.05, 3.63) is 51.9 Å². The van der Waals surface area contributed by atoms with E-state index in [1.54, 1.807) is 11.6 Å². The van der Waals surface area contributed by atoms with Gasteiger partial charge < -0.3 is 4.74 Å². The summed E-state index contributed by atoms with van der Waals surface area (Å²) in [4.78, 5) is 33.8. The molecule has 9 heteroatoms. The highest BCUT2D eigenvalue weighted by molar-refractivity contribution is 7.22. The van der Waals surface area contributed by atoms with Crippen LogP contribution in [0.15, 0.2) is 40.8 Å². The number of fused-ring (bicyclic) bond motifs is 2. The van der Waals surface area contributed by atoms with Crippen LogP contribution in [0.25, 0.3) is 15.2 Å². The maximum atomic E-state index is 12.4. The summed E-state index contributed by atoms with van der Waals surface area (Å²) in [5.41, 5.74) is 0.334. The zero-order valence-electron chi connectivity index (χ0n) is 13.1. The van der Waals surface area contributed by atoms with E-state index in [2.05, 4.69) is 15.3 Å². The van der Waals surface area contributed by atoms with E-state index in [1.165, 1.54) is 33.3 Å². The van der Waals surface area contributed by atoms with Crippen molar-refractivity contribution in [3.8, 4) is 5.75 Å². The monoisotopic (exact) mass is 372 g/mol. The van der Waals surface area contributed by atoms with Crippen molar-refractivity contribution >= 4 is 48.9 Å². The van der Waals surface area contributed by atoms with E-state index in [4.69, 9.17) is 4.74 Å². The summed E-state index contributed by atoms with van der Waals surface area (Å²) in [5, 5.41) is 4.84. The normalized spacial score (nSPS) is 11.1. The number of carbonyl (C=O) groups is 1. The van der Waals surface area contributed by atoms with Crippen molar-refractivity contribution < 1.29 is 9.53 Å². The number of hydrogen-bond donors (Lipinski definition) is 1. The first-order valence-electron chi connectivity index (χ1n) is 7.45. The predicted octanol–water partition coefficient (Wildman–Crippen LogP) is 3.02. The van der Waals surface area contributed by atoms with Gasteiger partial charge in [0.2, 0.25) is 0 Å². The van der Waals surface area contributed by atoms with Crippen molar-refractivity contribution in [2.24, 2.45) is 0 Å². The summed E-state index contributed by atoms with van der Waals surface area (Å²) in [5.74, 6) is 0.226. The van der Waals surface area contributed by atoms with E-state index in [0.717, 1.165) is 16.0 Å². The van der Waals surface area contributed by atoms with Gasteiger partial charge in [0.05, 0.1) is 16.8 Å². The van der Waals surface area contributed by atoms with Crippen molar-refractivity contribution in [1.29, 1.82) is 0 Å². The molecule has 4 aromatic rings. The third-order valence-electron chi connectivity index (χ3n) is 3.48. The van der Waals surface area contributed by atoms with Crippen LogP contribution >= 0.6 is 22.7 Å². The Hall–Kier alpha value is -2.78. The fourth-order valence-electron chi connectivity index (χ4n) is 2.36. The number of nitrogens with zero attached hydrogens (tertiary/aromatic N) is 3. The second kappa shape index (κ2) is 6.26. The summed E-state index contributed by atoms with van der Waals surface area (Å²) < 4.78 is 7.71. The van der Waals surface area contributed by atoms with E-state index < -0.39 is 11.5 Å². The van der Waals surface area contributed by atoms with Crippen LogP contribution in [0.3, 0.4) is 0 Å². The number of rotatable bonds is 4. The highest BCUT2D eigenvalue weighted by Crippen LogP contribution is 2.29. The lowest BCUT2D eigenvalue weighted by Gasteiger charge is -2.01. The van der Waals surface area contributed by atoms with Crippen molar-refractivity contribution in [1.82, 2.24) is 14.4 Å². The summed E-state index contributed by atoms with van der Waals surface area (Å²) in [6.07, 6.45) is 2.89. The third-order valence-corrected chi connectivity index (χ3v) is 5.18. The van der Waals surface area contributed by atoms with Gasteiger partial charge in [0.15, 0.2) is 10.1 Å². The number of nitrogens with one attached hydrogen (secondary N) is 1. The highest BCUT2D eigenvalue weighted by Gasteiger charge is 2.16. The van der Waals surface area contributed by atoms with Crippen molar-refractivity contribution in [2.75, 3.05) is 11.9 Å². The molecule has 0 saturated carbocycles. The SMILES string of the molecule is CCOc1ccc2nc(NC(=O)c3cnc4sccn4c3=O)sc2c1. The molecule has 0 bridgehead atoms. The molecule has 0 aliphatic heterocycles. The zero-order chi connectivity index (χ0) is 17.4.